The Hall–Kier alpha value is -3.68. The zero-order chi connectivity index (χ0) is 20.0. The first kappa shape index (κ1) is 17.7. The number of ether oxygens (including phenoxy) is 1. The highest BCUT2D eigenvalue weighted by molar-refractivity contribution is 6.22. The quantitative estimate of drug-likeness (QED) is 0.819. The zero-order valence-electron chi connectivity index (χ0n) is 15.3. The van der Waals surface area contributed by atoms with Gasteiger partial charge in [-0.25, -0.2) is 0 Å². The molecule has 2 aliphatic rings. The molecule has 28 heavy (non-hydrogen) atoms. The van der Waals surface area contributed by atoms with E-state index in [1.807, 2.05) is 0 Å². The van der Waals surface area contributed by atoms with Crippen LogP contribution >= 0.6 is 0 Å². The molecule has 4 rings (SSSR count). The third-order valence-corrected chi connectivity index (χ3v) is 4.77. The number of benzene rings is 2. The Balaban J connectivity index is 1.48. The third kappa shape index (κ3) is 2.79. The van der Waals surface area contributed by atoms with Crippen LogP contribution in [0.5, 0.6) is 5.75 Å². The molecule has 0 aromatic heterocycles. The summed E-state index contributed by atoms with van der Waals surface area (Å²) in [5.41, 5.74) is 1.63. The van der Waals surface area contributed by atoms with Crippen molar-refractivity contribution in [3.63, 3.8) is 0 Å². The van der Waals surface area contributed by atoms with Crippen LogP contribution in [0.25, 0.3) is 0 Å². The first-order chi connectivity index (χ1) is 13.4. The molecule has 2 aliphatic heterocycles. The van der Waals surface area contributed by atoms with Gasteiger partial charge in [-0.1, -0.05) is 12.1 Å². The first-order valence-electron chi connectivity index (χ1n) is 8.70. The molecule has 0 radical (unpaired) electrons. The smallest absolute Gasteiger partial charge is 0.267 e. The van der Waals surface area contributed by atoms with Gasteiger partial charge in [-0.15, -0.1) is 0 Å². The molecule has 1 N–H and O–H groups in total. The molecule has 0 fully saturated rings. The van der Waals surface area contributed by atoms with Gasteiger partial charge >= 0.3 is 0 Å². The molecule has 1 unspecified atom stereocenters. The van der Waals surface area contributed by atoms with Crippen molar-refractivity contribution >= 4 is 35.0 Å². The highest BCUT2D eigenvalue weighted by Gasteiger charge is 2.36. The Bertz CT molecular complexity index is 997. The van der Waals surface area contributed by atoms with Crippen LogP contribution in [-0.2, 0) is 9.59 Å². The topological polar surface area (TPSA) is 96.0 Å². The molecule has 4 amide bonds. The molecule has 8 nitrogen and oxygen atoms in total. The predicted molar refractivity (Wildman–Crippen MR) is 100 cm³/mol. The van der Waals surface area contributed by atoms with E-state index in [1.54, 1.807) is 56.4 Å². The minimum Gasteiger partial charge on any atom is -0.479 e. The Kier molecular flexibility index (Phi) is 4.11. The van der Waals surface area contributed by atoms with Gasteiger partial charge in [-0.2, -0.15) is 0 Å². The normalized spacial score (nSPS) is 17.9. The van der Waals surface area contributed by atoms with Crippen molar-refractivity contribution in [1.29, 1.82) is 0 Å². The Morgan fingerprint density at radius 3 is 2.36 bits per heavy atom. The maximum absolute atomic E-state index is 12.4. The van der Waals surface area contributed by atoms with Crippen LogP contribution in [-0.4, -0.2) is 48.2 Å². The lowest BCUT2D eigenvalue weighted by atomic mass is 10.1. The zero-order valence-corrected chi connectivity index (χ0v) is 15.3. The molecule has 142 valence electrons. The summed E-state index contributed by atoms with van der Waals surface area (Å²) in [5.74, 6) is -1.18. The van der Waals surface area contributed by atoms with Crippen LogP contribution < -0.4 is 15.0 Å². The fourth-order valence-electron chi connectivity index (χ4n) is 3.32. The van der Waals surface area contributed by atoms with E-state index in [9.17, 15) is 19.2 Å². The summed E-state index contributed by atoms with van der Waals surface area (Å²) in [6.45, 7) is 1.26. The van der Waals surface area contributed by atoms with Crippen LogP contribution in [0.2, 0.25) is 0 Å². The molecular weight excluding hydrogens is 362 g/mol. The van der Waals surface area contributed by atoms with E-state index in [0.29, 0.717) is 28.3 Å². The Labute approximate surface area is 160 Å². The summed E-state index contributed by atoms with van der Waals surface area (Å²) in [4.78, 5) is 51.5. The number of fused-ring (bicyclic) bond motifs is 2. The fraction of sp³-hybridized carbons (Fsp3) is 0.200. The van der Waals surface area contributed by atoms with E-state index in [4.69, 9.17) is 4.74 Å². The number of carbonyl (C=O) groups excluding carboxylic acids is 4. The molecule has 0 bridgehead atoms. The van der Waals surface area contributed by atoms with Gasteiger partial charge in [0.1, 0.15) is 12.3 Å². The highest BCUT2D eigenvalue weighted by Crippen LogP contribution is 2.35. The van der Waals surface area contributed by atoms with Gasteiger partial charge in [0.2, 0.25) is 5.91 Å². The van der Waals surface area contributed by atoms with Crippen LogP contribution in [0.4, 0.5) is 11.4 Å². The van der Waals surface area contributed by atoms with Crippen molar-refractivity contribution in [2.24, 2.45) is 0 Å². The van der Waals surface area contributed by atoms with Crippen molar-refractivity contribution < 1.29 is 23.9 Å². The van der Waals surface area contributed by atoms with Gasteiger partial charge in [0, 0.05) is 18.8 Å². The molecule has 2 aromatic carbocycles. The van der Waals surface area contributed by atoms with E-state index in [0.717, 1.165) is 4.90 Å². The molecule has 1 atom stereocenters. The number of nitrogens with one attached hydrogen (secondary N) is 1. The molecule has 0 spiro atoms. The largest absolute Gasteiger partial charge is 0.479 e. The third-order valence-electron chi connectivity index (χ3n) is 4.77. The molecule has 0 saturated carbocycles. The van der Waals surface area contributed by atoms with Crippen molar-refractivity contribution in [3.05, 3.63) is 53.6 Å². The summed E-state index contributed by atoms with van der Waals surface area (Å²) in [7, 11) is 1.65. The first-order valence-corrected chi connectivity index (χ1v) is 8.70. The minimum atomic E-state index is -0.623. The number of hydrogen-bond acceptors (Lipinski definition) is 5. The second-order valence-electron chi connectivity index (χ2n) is 6.63. The van der Waals surface area contributed by atoms with E-state index in [-0.39, 0.29) is 12.5 Å². The highest BCUT2D eigenvalue weighted by atomic mass is 16.5. The lowest BCUT2D eigenvalue weighted by Gasteiger charge is -2.30. The van der Waals surface area contributed by atoms with E-state index in [2.05, 4.69) is 5.32 Å². The van der Waals surface area contributed by atoms with Crippen molar-refractivity contribution in [3.8, 4) is 5.75 Å². The van der Waals surface area contributed by atoms with Crippen molar-refractivity contribution in [1.82, 2.24) is 4.90 Å². The van der Waals surface area contributed by atoms with Crippen LogP contribution in [0, 0.1) is 0 Å². The number of imide groups is 1. The van der Waals surface area contributed by atoms with Crippen molar-refractivity contribution in [2.45, 2.75) is 13.0 Å². The SMILES string of the molecule is CC1Oc2cc(NC(=O)CN3C(=O)c4ccccc4C3=O)ccc2N(C)C1=O. The molecule has 0 saturated heterocycles. The Morgan fingerprint density at radius 2 is 1.71 bits per heavy atom. The molecular formula is C20H17N3O5. The summed E-state index contributed by atoms with van der Waals surface area (Å²) < 4.78 is 5.59. The number of likely N-dealkylation sites (N-methyl/N-ethyl adjacent to an activating group) is 1. The number of rotatable bonds is 3. The summed E-state index contributed by atoms with van der Waals surface area (Å²) in [6.07, 6.45) is -0.623. The van der Waals surface area contributed by atoms with Gasteiger partial charge in [0.15, 0.2) is 6.10 Å². The van der Waals surface area contributed by atoms with E-state index >= 15 is 0 Å². The molecule has 8 heteroatoms. The lowest BCUT2D eigenvalue weighted by Crippen LogP contribution is -2.42. The monoisotopic (exact) mass is 379 g/mol. The second-order valence-corrected chi connectivity index (χ2v) is 6.63. The molecule has 2 heterocycles. The number of hydrogen-bond donors (Lipinski definition) is 1. The summed E-state index contributed by atoms with van der Waals surface area (Å²) in [6, 6.07) is 11.4. The number of nitrogens with zero attached hydrogens (tertiary/aromatic N) is 2. The van der Waals surface area contributed by atoms with Crippen molar-refractivity contribution in [2.75, 3.05) is 23.8 Å². The fourth-order valence-corrected chi connectivity index (χ4v) is 3.32. The van der Waals surface area contributed by atoms with Crippen LogP contribution in [0.15, 0.2) is 42.5 Å². The summed E-state index contributed by atoms with van der Waals surface area (Å²) in [5, 5.41) is 2.66. The molecule has 2 aromatic rings. The average molecular weight is 379 g/mol. The summed E-state index contributed by atoms with van der Waals surface area (Å²) >= 11 is 0. The minimum absolute atomic E-state index is 0.157. The maximum atomic E-state index is 12.4. The standard InChI is InChI=1S/C20H17N3O5/c1-11-18(25)22(2)15-8-7-12(9-16(15)28-11)21-17(24)10-23-19(26)13-5-3-4-6-14(13)20(23)27/h3-9,11H,10H2,1-2H3,(H,21,24). The van der Waals surface area contributed by atoms with Gasteiger partial charge in [-0.3, -0.25) is 24.1 Å². The molecule has 0 aliphatic carbocycles. The van der Waals surface area contributed by atoms with Gasteiger partial charge in [0.25, 0.3) is 17.7 Å². The number of amides is 4. The Morgan fingerprint density at radius 1 is 1.07 bits per heavy atom. The van der Waals surface area contributed by atoms with Gasteiger partial charge in [-0.05, 0) is 31.2 Å². The van der Waals surface area contributed by atoms with Crippen LogP contribution in [0.1, 0.15) is 27.6 Å². The predicted octanol–water partition coefficient (Wildman–Crippen LogP) is 1.66. The maximum Gasteiger partial charge on any atom is 0.267 e. The number of carbonyl (C=O) groups is 4. The van der Waals surface area contributed by atoms with Gasteiger partial charge in [0.05, 0.1) is 16.8 Å². The lowest BCUT2D eigenvalue weighted by molar-refractivity contribution is -0.125. The van der Waals surface area contributed by atoms with E-state index in [1.165, 1.54) is 4.90 Å². The van der Waals surface area contributed by atoms with Crippen LogP contribution in [0.3, 0.4) is 0 Å². The second kappa shape index (κ2) is 6.49. The van der Waals surface area contributed by atoms with E-state index < -0.39 is 23.8 Å². The number of anilines is 2. The van der Waals surface area contributed by atoms with Gasteiger partial charge < -0.3 is 15.0 Å². The average Bonchev–Trinajstić information content (AvgIpc) is 2.91.